The van der Waals surface area contributed by atoms with E-state index >= 15 is 0 Å². The molecule has 1 aromatic rings. The molecule has 0 fully saturated rings. The highest BCUT2D eigenvalue weighted by Crippen LogP contribution is 2.15. The summed E-state index contributed by atoms with van der Waals surface area (Å²) in [6.45, 7) is 0. The van der Waals surface area contributed by atoms with Crippen molar-refractivity contribution in [1.82, 2.24) is 9.55 Å². The Morgan fingerprint density at radius 2 is 2.07 bits per heavy atom. The van der Waals surface area contributed by atoms with Gasteiger partial charge in [0.05, 0.1) is 0 Å². The van der Waals surface area contributed by atoms with Crippen LogP contribution in [0.4, 0.5) is 0 Å². The topological polar surface area (TPSA) is 138 Å². The number of aromatic amines is 1. The van der Waals surface area contributed by atoms with Crippen molar-refractivity contribution in [3.05, 3.63) is 26.4 Å². The van der Waals surface area contributed by atoms with Gasteiger partial charge < -0.3 is 15.9 Å². The van der Waals surface area contributed by atoms with Gasteiger partial charge in [0.25, 0.3) is 5.56 Å². The van der Waals surface area contributed by atoms with Crippen LogP contribution in [0.25, 0.3) is 0 Å². The SMILES string of the molecule is Cn1c(O)c(C(N)C(=O)O)c(=O)[nH]c1=O. The van der Waals surface area contributed by atoms with Crippen LogP contribution < -0.4 is 17.0 Å². The third-order valence-corrected chi connectivity index (χ3v) is 1.91. The van der Waals surface area contributed by atoms with Gasteiger partial charge in [-0.25, -0.2) is 4.79 Å². The van der Waals surface area contributed by atoms with Crippen LogP contribution in [0, 0.1) is 0 Å². The molecule has 0 aromatic carbocycles. The predicted molar refractivity (Wildman–Crippen MR) is 48.5 cm³/mol. The van der Waals surface area contributed by atoms with Crippen molar-refractivity contribution in [2.24, 2.45) is 12.8 Å². The van der Waals surface area contributed by atoms with Crippen LogP contribution in [0.2, 0.25) is 0 Å². The van der Waals surface area contributed by atoms with E-state index in [0.29, 0.717) is 4.57 Å². The highest BCUT2D eigenvalue weighted by atomic mass is 16.4. The molecule has 0 spiro atoms. The summed E-state index contributed by atoms with van der Waals surface area (Å²) in [5.74, 6) is -2.23. The molecule has 0 aliphatic heterocycles. The van der Waals surface area contributed by atoms with E-state index in [0.717, 1.165) is 0 Å². The highest BCUT2D eigenvalue weighted by Gasteiger charge is 2.24. The summed E-state index contributed by atoms with van der Waals surface area (Å²) in [6, 6.07) is -1.68. The van der Waals surface area contributed by atoms with Crippen LogP contribution in [-0.2, 0) is 11.8 Å². The lowest BCUT2D eigenvalue weighted by Gasteiger charge is -2.09. The molecule has 0 aliphatic rings. The number of nitrogens with two attached hydrogens (primary N) is 1. The van der Waals surface area contributed by atoms with Gasteiger partial charge in [-0.05, 0) is 0 Å². The molecule has 1 unspecified atom stereocenters. The average molecular weight is 215 g/mol. The molecule has 0 saturated heterocycles. The van der Waals surface area contributed by atoms with Crippen LogP contribution in [0.5, 0.6) is 5.88 Å². The highest BCUT2D eigenvalue weighted by molar-refractivity contribution is 5.75. The summed E-state index contributed by atoms with van der Waals surface area (Å²) in [7, 11) is 1.17. The van der Waals surface area contributed by atoms with E-state index in [1.165, 1.54) is 7.05 Å². The molecule has 82 valence electrons. The van der Waals surface area contributed by atoms with E-state index in [4.69, 9.17) is 10.8 Å². The maximum atomic E-state index is 11.2. The number of hydrogen-bond donors (Lipinski definition) is 4. The molecule has 15 heavy (non-hydrogen) atoms. The number of carbonyl (C=O) groups is 1. The number of rotatable bonds is 2. The molecule has 1 atom stereocenters. The molecule has 0 bridgehead atoms. The maximum absolute atomic E-state index is 11.2. The standard InChI is InChI=1S/C7H9N3O5/c1-10-5(12)2(3(8)6(13)14)4(11)9-7(10)15/h3,12H,8H2,1H3,(H,13,14)(H,9,11,15). The second kappa shape index (κ2) is 3.58. The largest absolute Gasteiger partial charge is 0.494 e. The van der Waals surface area contributed by atoms with Gasteiger partial charge in [-0.3, -0.25) is 19.1 Å². The summed E-state index contributed by atoms with van der Waals surface area (Å²) in [6.07, 6.45) is 0. The van der Waals surface area contributed by atoms with E-state index in [-0.39, 0.29) is 0 Å². The van der Waals surface area contributed by atoms with Gasteiger partial charge in [0.2, 0.25) is 5.88 Å². The Balaban J connectivity index is 3.57. The van der Waals surface area contributed by atoms with Crippen LogP contribution in [0.1, 0.15) is 11.6 Å². The minimum absolute atomic E-state index is 0.551. The van der Waals surface area contributed by atoms with Crippen molar-refractivity contribution in [1.29, 1.82) is 0 Å². The summed E-state index contributed by atoms with van der Waals surface area (Å²) in [5, 5.41) is 17.9. The minimum Gasteiger partial charge on any atom is -0.494 e. The molecule has 1 heterocycles. The van der Waals surface area contributed by atoms with E-state index in [9.17, 15) is 19.5 Å². The molecule has 1 aromatic heterocycles. The number of carboxylic acid groups (broad SMARTS) is 1. The Labute approximate surface area is 82.6 Å². The maximum Gasteiger partial charge on any atom is 0.330 e. The lowest BCUT2D eigenvalue weighted by Crippen LogP contribution is -2.35. The lowest BCUT2D eigenvalue weighted by atomic mass is 10.1. The minimum atomic E-state index is -1.68. The van der Waals surface area contributed by atoms with Crippen molar-refractivity contribution < 1.29 is 15.0 Å². The van der Waals surface area contributed by atoms with E-state index in [1.54, 1.807) is 0 Å². The molecule has 0 saturated carbocycles. The molecule has 8 nitrogen and oxygen atoms in total. The summed E-state index contributed by atoms with van der Waals surface area (Å²) < 4.78 is 0.694. The van der Waals surface area contributed by atoms with Crippen LogP contribution in [-0.4, -0.2) is 25.7 Å². The van der Waals surface area contributed by atoms with Gasteiger partial charge in [0.1, 0.15) is 11.6 Å². The lowest BCUT2D eigenvalue weighted by molar-refractivity contribution is -0.138. The fourth-order valence-electron chi connectivity index (χ4n) is 1.03. The number of carboxylic acids is 1. The van der Waals surface area contributed by atoms with Gasteiger partial charge in [-0.15, -0.1) is 0 Å². The van der Waals surface area contributed by atoms with Gasteiger partial charge in [0, 0.05) is 7.05 Å². The zero-order valence-corrected chi connectivity index (χ0v) is 7.72. The Bertz CT molecular complexity index is 514. The zero-order valence-electron chi connectivity index (χ0n) is 7.72. The van der Waals surface area contributed by atoms with Crippen molar-refractivity contribution >= 4 is 5.97 Å². The molecule has 0 radical (unpaired) electrons. The number of aromatic nitrogens is 2. The Hall–Kier alpha value is -2.09. The molecule has 8 heteroatoms. The number of H-pyrrole nitrogens is 1. The number of aliphatic carboxylic acids is 1. The first-order chi connectivity index (χ1) is 6.86. The molecule has 1 rings (SSSR count). The van der Waals surface area contributed by atoms with E-state index in [1.807, 2.05) is 4.98 Å². The monoisotopic (exact) mass is 215 g/mol. The Morgan fingerprint density at radius 1 is 1.53 bits per heavy atom. The molecule has 0 amide bonds. The van der Waals surface area contributed by atoms with Crippen molar-refractivity contribution in [2.75, 3.05) is 0 Å². The fourth-order valence-corrected chi connectivity index (χ4v) is 1.03. The van der Waals surface area contributed by atoms with Crippen molar-refractivity contribution in [2.45, 2.75) is 6.04 Å². The first-order valence-electron chi connectivity index (χ1n) is 3.86. The third-order valence-electron chi connectivity index (χ3n) is 1.91. The fraction of sp³-hybridized carbons (Fsp3) is 0.286. The second-order valence-electron chi connectivity index (χ2n) is 2.87. The number of hydrogen-bond acceptors (Lipinski definition) is 5. The first-order valence-corrected chi connectivity index (χ1v) is 3.86. The van der Waals surface area contributed by atoms with E-state index in [2.05, 4.69) is 0 Å². The average Bonchev–Trinajstić information content (AvgIpc) is 2.14. The van der Waals surface area contributed by atoms with Gasteiger partial charge in [0.15, 0.2) is 0 Å². The zero-order chi connectivity index (χ0) is 11.7. The van der Waals surface area contributed by atoms with Crippen LogP contribution in [0.3, 0.4) is 0 Å². The molecule has 5 N–H and O–H groups in total. The van der Waals surface area contributed by atoms with Crippen LogP contribution >= 0.6 is 0 Å². The molecular formula is C7H9N3O5. The Kier molecular flexibility index (Phi) is 2.62. The second-order valence-corrected chi connectivity index (χ2v) is 2.87. The molecule has 0 aliphatic carbocycles. The smallest absolute Gasteiger partial charge is 0.330 e. The van der Waals surface area contributed by atoms with Gasteiger partial charge in [-0.1, -0.05) is 0 Å². The predicted octanol–water partition coefficient (Wildman–Crippen LogP) is -2.14. The van der Waals surface area contributed by atoms with Crippen LogP contribution in [0.15, 0.2) is 9.59 Å². The normalized spacial score (nSPS) is 12.4. The molecular weight excluding hydrogens is 206 g/mol. The number of nitrogens with one attached hydrogen (secondary N) is 1. The quantitative estimate of drug-likeness (QED) is 0.444. The van der Waals surface area contributed by atoms with Gasteiger partial charge >= 0.3 is 11.7 Å². The number of nitrogens with zero attached hydrogens (tertiary/aromatic N) is 1. The van der Waals surface area contributed by atoms with E-state index < -0.39 is 34.7 Å². The van der Waals surface area contributed by atoms with Crippen molar-refractivity contribution in [3.8, 4) is 5.88 Å². The number of aromatic hydroxyl groups is 1. The first kappa shape index (κ1) is 11.0. The summed E-state index contributed by atoms with van der Waals surface area (Å²) in [5.41, 5.74) is 2.76. The van der Waals surface area contributed by atoms with Crippen molar-refractivity contribution in [3.63, 3.8) is 0 Å². The van der Waals surface area contributed by atoms with Gasteiger partial charge in [-0.2, -0.15) is 0 Å². The summed E-state index contributed by atoms with van der Waals surface area (Å²) in [4.78, 5) is 34.5. The Morgan fingerprint density at radius 3 is 2.53 bits per heavy atom. The summed E-state index contributed by atoms with van der Waals surface area (Å²) >= 11 is 0. The third kappa shape index (κ3) is 1.74.